The maximum Gasteiger partial charge on any atom is 0.327 e. The molecule has 15 atom stereocenters. The Kier molecular flexibility index (Phi) is 12.8. The summed E-state index contributed by atoms with van der Waals surface area (Å²) < 4.78 is 11.6. The highest BCUT2D eigenvalue weighted by Gasteiger charge is 2.70. The van der Waals surface area contributed by atoms with Gasteiger partial charge in [0.05, 0.1) is 36.6 Å². The fourth-order valence-corrected chi connectivity index (χ4v) is 12.4. The maximum atomic E-state index is 14.8. The van der Waals surface area contributed by atoms with Crippen molar-refractivity contribution in [2.24, 2.45) is 56.1 Å². The molecule has 0 saturated heterocycles. The van der Waals surface area contributed by atoms with Crippen LogP contribution in [0.3, 0.4) is 0 Å². The number of carbonyl (C=O) groups is 4. The third-order valence-corrected chi connectivity index (χ3v) is 16.1. The predicted octanol–water partition coefficient (Wildman–Crippen LogP) is 2.70. The summed E-state index contributed by atoms with van der Waals surface area (Å²) in [5.74, 6) is 0.543. The Hall–Kier alpha value is -2.96. The van der Waals surface area contributed by atoms with Gasteiger partial charge in [-0.15, -0.1) is 0 Å². The first-order chi connectivity index (χ1) is 26.7. The van der Waals surface area contributed by atoms with Gasteiger partial charge in [-0.25, -0.2) is 0 Å². The van der Waals surface area contributed by atoms with Gasteiger partial charge >= 0.3 is 17.9 Å². The Morgan fingerprint density at radius 3 is 2.10 bits per heavy atom. The van der Waals surface area contributed by atoms with Crippen LogP contribution in [0.4, 0.5) is 0 Å². The number of aliphatic carboxylic acids is 2. The minimum atomic E-state index is -2.38. The van der Waals surface area contributed by atoms with E-state index >= 15 is 0 Å². The van der Waals surface area contributed by atoms with Gasteiger partial charge in [-0.05, 0) is 116 Å². The van der Waals surface area contributed by atoms with Crippen LogP contribution in [0.1, 0.15) is 119 Å². The fraction of sp³-hybridized carbons (Fsp3) is 0.810. The highest BCUT2D eigenvalue weighted by Crippen LogP contribution is 2.75. The number of hydrogen-bond donors (Lipinski definition) is 9. The van der Waals surface area contributed by atoms with Crippen molar-refractivity contribution >= 4 is 23.7 Å². The van der Waals surface area contributed by atoms with E-state index < -0.39 is 101 Å². The molecule has 0 aliphatic heterocycles. The van der Waals surface area contributed by atoms with Crippen molar-refractivity contribution in [1.82, 2.24) is 0 Å². The average molecular weight is 824 g/mol. The van der Waals surface area contributed by atoms with Crippen LogP contribution in [-0.4, -0.2) is 108 Å². The molecule has 0 aromatic carbocycles. The molecule has 2 unspecified atom stereocenters. The summed E-state index contributed by atoms with van der Waals surface area (Å²) in [6, 6.07) is 0. The topological polar surface area (TPSA) is 284 Å². The highest BCUT2D eigenvalue weighted by molar-refractivity contribution is 5.95. The number of carboxylic acids is 2. The molecule has 10 N–H and O–H groups in total. The van der Waals surface area contributed by atoms with Crippen LogP contribution in [0.15, 0.2) is 23.5 Å². The first kappa shape index (κ1) is 46.1. The lowest BCUT2D eigenvalue weighted by atomic mass is 9.33. The lowest BCUT2D eigenvalue weighted by molar-refractivity contribution is -0.248. The van der Waals surface area contributed by atoms with E-state index in [1.54, 1.807) is 0 Å². The van der Waals surface area contributed by atoms with E-state index in [0.29, 0.717) is 25.7 Å². The number of carbonyl (C=O) groups excluding carboxylic acids is 2. The molecule has 4 saturated carbocycles. The zero-order valence-corrected chi connectivity index (χ0v) is 34.7. The van der Waals surface area contributed by atoms with E-state index in [-0.39, 0.29) is 34.4 Å². The van der Waals surface area contributed by atoms with E-state index in [2.05, 4.69) is 32.5 Å². The summed E-state index contributed by atoms with van der Waals surface area (Å²) in [6.45, 7) is 14.8. The van der Waals surface area contributed by atoms with Gasteiger partial charge in [0.15, 0.2) is 11.5 Å². The van der Waals surface area contributed by atoms with Crippen molar-refractivity contribution in [3.05, 3.63) is 23.5 Å². The average Bonchev–Trinajstić information content (AvgIpc) is 3.12. The van der Waals surface area contributed by atoms with Crippen LogP contribution in [0.5, 0.6) is 0 Å². The second-order valence-electron chi connectivity index (χ2n) is 19.9. The van der Waals surface area contributed by atoms with Crippen LogP contribution in [-0.2, 0) is 33.5 Å². The maximum absolute atomic E-state index is 14.8. The van der Waals surface area contributed by atoms with Gasteiger partial charge in [0, 0.05) is 5.92 Å². The lowest BCUT2D eigenvalue weighted by Gasteiger charge is -2.70. The summed E-state index contributed by atoms with van der Waals surface area (Å²) in [5.41, 5.74) is -1.75. The van der Waals surface area contributed by atoms with Gasteiger partial charge in [-0.2, -0.15) is 5.90 Å². The number of rotatable bonds is 14. The third-order valence-electron chi connectivity index (χ3n) is 16.1. The molecular weight excluding hydrogens is 758 g/mol. The highest BCUT2D eigenvalue weighted by atomic mass is 16.7. The molecule has 0 aromatic rings. The number of nitrogens with two attached hydrogens (primary N) is 1. The Bertz CT molecular complexity index is 1680. The molecule has 5 aliphatic rings. The molecule has 16 nitrogen and oxygen atoms in total. The van der Waals surface area contributed by atoms with Crippen LogP contribution in [0.2, 0.25) is 0 Å². The van der Waals surface area contributed by atoms with Crippen LogP contribution < -0.4 is 5.90 Å². The molecule has 4 fully saturated rings. The number of ketones is 1. The first-order valence-corrected chi connectivity index (χ1v) is 20.4. The Balaban J connectivity index is 1.41. The van der Waals surface area contributed by atoms with Crippen molar-refractivity contribution in [2.45, 2.75) is 162 Å². The molecule has 5 rings (SSSR count). The number of aliphatic hydroxyl groups excluding tert-OH is 6. The van der Waals surface area contributed by atoms with Gasteiger partial charge in [0.1, 0.15) is 12.2 Å². The molecule has 16 heteroatoms. The Morgan fingerprint density at radius 1 is 0.862 bits per heavy atom. The van der Waals surface area contributed by atoms with Crippen molar-refractivity contribution in [3.8, 4) is 0 Å². The van der Waals surface area contributed by atoms with Crippen LogP contribution in [0, 0.1) is 50.2 Å². The number of ether oxygens (including phenoxy) is 2. The Labute approximate surface area is 339 Å². The Morgan fingerprint density at radius 2 is 1.50 bits per heavy atom. The molecule has 328 valence electrons. The van der Waals surface area contributed by atoms with Gasteiger partial charge in [-0.1, -0.05) is 47.1 Å². The van der Waals surface area contributed by atoms with Gasteiger partial charge in [-0.3, -0.25) is 19.2 Å². The summed E-state index contributed by atoms with van der Waals surface area (Å²) in [7, 11) is 0. The molecule has 0 heterocycles. The van der Waals surface area contributed by atoms with Gasteiger partial charge in [0.2, 0.25) is 12.6 Å². The quantitative estimate of drug-likeness (QED) is 0.0692. The molecular formula is C42H65NO15. The van der Waals surface area contributed by atoms with Crippen molar-refractivity contribution in [1.29, 1.82) is 0 Å². The summed E-state index contributed by atoms with van der Waals surface area (Å²) in [6.07, 6.45) is -6.09. The van der Waals surface area contributed by atoms with Crippen molar-refractivity contribution in [3.63, 3.8) is 0 Å². The molecule has 0 spiro atoms. The molecule has 58 heavy (non-hydrogen) atoms. The van der Waals surface area contributed by atoms with E-state index in [4.69, 9.17) is 20.5 Å². The van der Waals surface area contributed by atoms with Crippen molar-refractivity contribution in [2.75, 3.05) is 0 Å². The number of aliphatic hydroxyl groups is 6. The standard InChI is InChI=1S/C42H65NO15/c1-37(2)27-8-11-42(7)33(25(46)18-22-23-20-39(4,36(54)55)13-12-38(23,3)14-15-41(22,42)6)40(27,5)10-9-28(37)57-34(52)26(16-21(44)17-30(49)58-43)56-35(53)32(51)31(50)24(45)19-29(47)48/h16,18,21,23-24,27-28,31-35,44-45,50-53H,8-15,17,19-20,43H2,1-7H3,(H,47,48)(H,54,55)/b26-16+/t21-,23-,24+,27-,28-,31?,32?,33+,34+,35+,38+,39-,40-,41+,42+/m0/s1. The zero-order valence-electron chi connectivity index (χ0n) is 34.7. The minimum absolute atomic E-state index is 0.0166. The van der Waals surface area contributed by atoms with Crippen LogP contribution >= 0.6 is 0 Å². The normalized spacial score (nSPS) is 40.1. The lowest BCUT2D eigenvalue weighted by Crippen LogP contribution is -2.66. The van der Waals surface area contributed by atoms with Crippen molar-refractivity contribution < 1.29 is 74.3 Å². The second-order valence-corrected chi connectivity index (χ2v) is 19.9. The van der Waals surface area contributed by atoms with Crippen LogP contribution in [0.25, 0.3) is 0 Å². The molecule has 5 aliphatic carbocycles. The van der Waals surface area contributed by atoms with E-state index in [9.17, 15) is 54.9 Å². The number of allylic oxidation sites excluding steroid dienone is 2. The number of carboxylic acid groups (broad SMARTS) is 2. The number of hydrogen-bond acceptors (Lipinski definition) is 14. The predicted molar refractivity (Wildman–Crippen MR) is 204 cm³/mol. The fourth-order valence-electron chi connectivity index (χ4n) is 12.4. The molecule has 0 bridgehead atoms. The summed E-state index contributed by atoms with van der Waals surface area (Å²) in [4.78, 5) is 54.1. The second kappa shape index (κ2) is 16.1. The van der Waals surface area contributed by atoms with Gasteiger partial charge in [0.25, 0.3) is 0 Å². The number of fused-ring (bicyclic) bond motifs is 7. The summed E-state index contributed by atoms with van der Waals surface area (Å²) in [5, 5.41) is 82.6. The monoisotopic (exact) mass is 823 g/mol. The molecule has 0 amide bonds. The van der Waals surface area contributed by atoms with E-state index in [0.717, 1.165) is 43.8 Å². The third kappa shape index (κ3) is 7.88. The summed E-state index contributed by atoms with van der Waals surface area (Å²) >= 11 is 0. The zero-order chi connectivity index (χ0) is 43.6. The largest absolute Gasteiger partial charge is 0.481 e. The van der Waals surface area contributed by atoms with E-state index in [1.807, 2.05) is 26.8 Å². The molecule has 0 aromatic heterocycles. The first-order valence-electron chi connectivity index (χ1n) is 20.4. The SMILES string of the molecule is CC1(C)[C@@H](O[C@@H](O)/C(=C\[C@H](O)CC(=O)ON)O[C@@H](O)C(O)C(O)[C@H](O)CC(=O)O)CC[C@]2(C)[C@H]3C(=O)C=C4[C@@H]5C[C@@](C)(C(=O)O)CC[C@]5(C)CC[C@@]4(C)[C@]3(C)CC[C@@H]12. The minimum Gasteiger partial charge on any atom is -0.481 e. The molecule has 0 radical (unpaired) electrons. The smallest absolute Gasteiger partial charge is 0.327 e. The van der Waals surface area contributed by atoms with Gasteiger partial charge < -0.3 is 55.2 Å². The van der Waals surface area contributed by atoms with E-state index in [1.165, 1.54) is 0 Å².